The molecule has 1 N–H and O–H groups in total. The smallest absolute Gasteiger partial charge is 0.322 e. The molecular formula is C19H22N6O2. The summed E-state index contributed by atoms with van der Waals surface area (Å²) in [5.41, 5.74) is 2.40. The van der Waals surface area contributed by atoms with E-state index in [0.29, 0.717) is 31.7 Å². The maximum absolute atomic E-state index is 13.0. The first-order valence-electron chi connectivity index (χ1n) is 9.10. The molecule has 2 saturated heterocycles. The lowest BCUT2D eigenvalue weighted by Gasteiger charge is -2.35. The number of nitrogens with zero attached hydrogens (tertiary/aromatic N) is 5. The Hall–Kier alpha value is -3.16. The molecule has 0 atom stereocenters. The number of hydrogen-bond donors (Lipinski definition) is 1. The number of amides is 3. The summed E-state index contributed by atoms with van der Waals surface area (Å²) in [5.74, 6) is 0.830. The van der Waals surface area contributed by atoms with Gasteiger partial charge in [0, 0.05) is 62.9 Å². The number of benzene rings is 1. The Kier molecular flexibility index (Phi) is 4.62. The minimum absolute atomic E-state index is 0.00495. The van der Waals surface area contributed by atoms with Crippen LogP contribution in [0, 0.1) is 6.92 Å². The van der Waals surface area contributed by atoms with Crippen LogP contribution in [0.3, 0.4) is 0 Å². The second kappa shape index (κ2) is 7.22. The highest BCUT2D eigenvalue weighted by Gasteiger charge is 2.26. The van der Waals surface area contributed by atoms with Crippen LogP contribution in [0.25, 0.3) is 0 Å². The Morgan fingerprint density at radius 1 is 1.11 bits per heavy atom. The van der Waals surface area contributed by atoms with Gasteiger partial charge < -0.3 is 15.1 Å². The maximum atomic E-state index is 13.0. The van der Waals surface area contributed by atoms with Crippen LogP contribution in [0.2, 0.25) is 0 Å². The van der Waals surface area contributed by atoms with Gasteiger partial charge in [-0.3, -0.25) is 14.7 Å². The van der Waals surface area contributed by atoms with E-state index in [1.54, 1.807) is 23.5 Å². The van der Waals surface area contributed by atoms with Crippen molar-refractivity contribution in [2.45, 2.75) is 6.92 Å². The van der Waals surface area contributed by atoms with E-state index in [0.717, 1.165) is 30.2 Å². The number of urea groups is 1. The normalized spacial score (nSPS) is 17.2. The first-order chi connectivity index (χ1) is 13.1. The van der Waals surface area contributed by atoms with Crippen LogP contribution in [0.4, 0.5) is 16.3 Å². The fourth-order valence-electron chi connectivity index (χ4n) is 3.51. The molecule has 2 aliphatic rings. The largest absolute Gasteiger partial charge is 0.352 e. The lowest BCUT2D eigenvalue weighted by atomic mass is 10.1. The highest BCUT2D eigenvalue weighted by molar-refractivity contribution is 5.99. The van der Waals surface area contributed by atoms with Gasteiger partial charge in [-0.15, -0.1) is 0 Å². The number of nitrogens with one attached hydrogen (secondary N) is 1. The number of aromatic nitrogens is 2. The van der Waals surface area contributed by atoms with Crippen LogP contribution in [-0.4, -0.2) is 66.1 Å². The van der Waals surface area contributed by atoms with Gasteiger partial charge in [0.15, 0.2) is 0 Å². The third-order valence-electron chi connectivity index (χ3n) is 5.04. The molecule has 4 rings (SSSR count). The van der Waals surface area contributed by atoms with Crippen LogP contribution in [0.15, 0.2) is 36.8 Å². The van der Waals surface area contributed by atoms with E-state index in [4.69, 9.17) is 0 Å². The molecule has 0 saturated carbocycles. The molecule has 0 spiro atoms. The number of rotatable bonds is 3. The van der Waals surface area contributed by atoms with Crippen molar-refractivity contribution in [2.75, 3.05) is 49.1 Å². The van der Waals surface area contributed by atoms with Crippen molar-refractivity contribution in [1.29, 1.82) is 0 Å². The van der Waals surface area contributed by atoms with Gasteiger partial charge in [-0.1, -0.05) is 6.07 Å². The predicted molar refractivity (Wildman–Crippen MR) is 102 cm³/mol. The highest BCUT2D eigenvalue weighted by Crippen LogP contribution is 2.24. The summed E-state index contributed by atoms with van der Waals surface area (Å²) in [7, 11) is 0. The van der Waals surface area contributed by atoms with Crippen LogP contribution in [-0.2, 0) is 0 Å². The zero-order valence-electron chi connectivity index (χ0n) is 15.3. The van der Waals surface area contributed by atoms with E-state index in [-0.39, 0.29) is 11.9 Å². The van der Waals surface area contributed by atoms with Crippen LogP contribution < -0.4 is 15.1 Å². The summed E-state index contributed by atoms with van der Waals surface area (Å²) < 4.78 is 0. The molecular weight excluding hydrogens is 344 g/mol. The standard InChI is InChI=1S/C19H22N6O2/c1-14-2-3-15(12-16(14)25-7-6-22-19(25)27)18(26)24-10-8-23(9-11-24)17-13-20-4-5-21-17/h2-5,12-13H,6-11H2,1H3,(H,22,27). The first kappa shape index (κ1) is 17.3. The average molecular weight is 366 g/mol. The molecule has 3 heterocycles. The molecule has 8 heteroatoms. The lowest BCUT2D eigenvalue weighted by Crippen LogP contribution is -2.49. The third kappa shape index (κ3) is 3.42. The van der Waals surface area contributed by atoms with Crippen molar-refractivity contribution in [3.63, 3.8) is 0 Å². The second-order valence-corrected chi connectivity index (χ2v) is 6.73. The highest BCUT2D eigenvalue weighted by atomic mass is 16.2. The summed E-state index contributed by atoms with van der Waals surface area (Å²) in [4.78, 5) is 39.0. The predicted octanol–water partition coefficient (Wildman–Crippen LogP) is 1.28. The summed E-state index contributed by atoms with van der Waals surface area (Å²) >= 11 is 0. The molecule has 2 aromatic rings. The molecule has 1 aromatic heterocycles. The fourth-order valence-corrected chi connectivity index (χ4v) is 3.51. The Labute approximate surface area is 157 Å². The molecule has 140 valence electrons. The summed E-state index contributed by atoms with van der Waals surface area (Å²) in [5, 5.41) is 2.80. The fraction of sp³-hybridized carbons (Fsp3) is 0.368. The van der Waals surface area contributed by atoms with Crippen molar-refractivity contribution in [1.82, 2.24) is 20.2 Å². The lowest BCUT2D eigenvalue weighted by molar-refractivity contribution is 0.0746. The molecule has 0 unspecified atom stereocenters. The van der Waals surface area contributed by atoms with Crippen molar-refractivity contribution in [3.8, 4) is 0 Å². The monoisotopic (exact) mass is 366 g/mol. The van der Waals surface area contributed by atoms with Gasteiger partial charge in [0.2, 0.25) is 0 Å². The van der Waals surface area contributed by atoms with E-state index in [1.807, 2.05) is 30.0 Å². The molecule has 3 amide bonds. The zero-order valence-corrected chi connectivity index (χ0v) is 15.3. The first-order valence-corrected chi connectivity index (χ1v) is 9.10. The number of carbonyl (C=O) groups excluding carboxylic acids is 2. The summed E-state index contributed by atoms with van der Waals surface area (Å²) in [6, 6.07) is 5.46. The molecule has 0 bridgehead atoms. The van der Waals surface area contributed by atoms with E-state index in [1.165, 1.54) is 0 Å². The van der Waals surface area contributed by atoms with Gasteiger partial charge in [-0.05, 0) is 24.6 Å². The SMILES string of the molecule is Cc1ccc(C(=O)N2CCN(c3cnccn3)CC2)cc1N1CCNC1=O. The average Bonchev–Trinajstić information content (AvgIpc) is 3.14. The number of hydrogen-bond acceptors (Lipinski definition) is 5. The number of aryl methyl sites for hydroxylation is 1. The van der Waals surface area contributed by atoms with Crippen LogP contribution >= 0.6 is 0 Å². The van der Waals surface area contributed by atoms with Gasteiger partial charge >= 0.3 is 6.03 Å². The molecule has 2 fully saturated rings. The Balaban J connectivity index is 1.47. The Morgan fingerprint density at radius 2 is 1.93 bits per heavy atom. The van der Waals surface area contributed by atoms with Crippen molar-refractivity contribution < 1.29 is 9.59 Å². The minimum Gasteiger partial charge on any atom is -0.352 e. The minimum atomic E-state index is -0.111. The topological polar surface area (TPSA) is 81.7 Å². The second-order valence-electron chi connectivity index (χ2n) is 6.73. The number of carbonyl (C=O) groups is 2. The van der Waals surface area contributed by atoms with Gasteiger partial charge in [0.1, 0.15) is 5.82 Å². The van der Waals surface area contributed by atoms with E-state index in [2.05, 4.69) is 20.2 Å². The van der Waals surface area contributed by atoms with Gasteiger partial charge in [0.05, 0.1) is 6.20 Å². The third-order valence-corrected chi connectivity index (χ3v) is 5.04. The van der Waals surface area contributed by atoms with Crippen molar-refractivity contribution >= 4 is 23.4 Å². The maximum Gasteiger partial charge on any atom is 0.322 e. The van der Waals surface area contributed by atoms with Gasteiger partial charge in [0.25, 0.3) is 5.91 Å². The zero-order chi connectivity index (χ0) is 18.8. The molecule has 0 radical (unpaired) electrons. The molecule has 8 nitrogen and oxygen atoms in total. The Bertz CT molecular complexity index is 849. The molecule has 2 aliphatic heterocycles. The molecule has 0 aliphatic carbocycles. The van der Waals surface area contributed by atoms with Gasteiger partial charge in [-0.25, -0.2) is 9.78 Å². The summed E-state index contributed by atoms with van der Waals surface area (Å²) in [6.45, 7) is 5.89. The molecule has 27 heavy (non-hydrogen) atoms. The van der Waals surface area contributed by atoms with E-state index < -0.39 is 0 Å². The van der Waals surface area contributed by atoms with Gasteiger partial charge in [-0.2, -0.15) is 0 Å². The summed E-state index contributed by atoms with van der Waals surface area (Å²) in [6.07, 6.45) is 5.07. The van der Waals surface area contributed by atoms with Crippen molar-refractivity contribution in [3.05, 3.63) is 47.9 Å². The Morgan fingerprint density at radius 3 is 2.59 bits per heavy atom. The van der Waals surface area contributed by atoms with Crippen LogP contribution in [0.5, 0.6) is 0 Å². The molecule has 1 aromatic carbocycles. The number of anilines is 2. The quantitative estimate of drug-likeness (QED) is 0.885. The van der Waals surface area contributed by atoms with Crippen LogP contribution in [0.1, 0.15) is 15.9 Å². The van der Waals surface area contributed by atoms with Crippen molar-refractivity contribution in [2.24, 2.45) is 0 Å². The number of piperazine rings is 1. The van der Waals surface area contributed by atoms with E-state index >= 15 is 0 Å². The van der Waals surface area contributed by atoms with E-state index in [9.17, 15) is 9.59 Å².